The van der Waals surface area contributed by atoms with Crippen molar-refractivity contribution >= 4 is 34.1 Å². The molecule has 3 aromatic carbocycles. The molecule has 4 aromatic rings. The van der Waals surface area contributed by atoms with Gasteiger partial charge in [0.05, 0.1) is 15.4 Å². The Morgan fingerprint density at radius 3 is 2.37 bits per heavy atom. The number of hydrogen-bond donors (Lipinski definition) is 0. The Kier molecular flexibility index (Phi) is 4.52. The highest BCUT2D eigenvalue weighted by Gasteiger charge is 2.29. The average Bonchev–Trinajstić information content (AvgIpc) is 3.06. The van der Waals surface area contributed by atoms with E-state index in [1.54, 1.807) is 0 Å². The van der Waals surface area contributed by atoms with Gasteiger partial charge in [-0.25, -0.2) is 0 Å². The van der Waals surface area contributed by atoms with Crippen molar-refractivity contribution in [1.82, 2.24) is 0 Å². The molecule has 4 rings (SSSR count). The van der Waals surface area contributed by atoms with Crippen molar-refractivity contribution in [3.8, 4) is 10.4 Å². The lowest BCUT2D eigenvalue weighted by molar-refractivity contribution is -0.384. The summed E-state index contributed by atoms with van der Waals surface area (Å²) in [7, 11) is 0. The molecule has 0 aliphatic rings. The van der Waals surface area contributed by atoms with Crippen LogP contribution >= 0.6 is 11.3 Å². The van der Waals surface area contributed by atoms with E-state index in [0.717, 1.165) is 28.2 Å². The molecule has 0 aliphatic carbocycles. The van der Waals surface area contributed by atoms with Crippen LogP contribution in [0.2, 0.25) is 0 Å². The first kappa shape index (κ1) is 17.1. The Morgan fingerprint density at radius 1 is 0.926 bits per heavy atom. The number of benzene rings is 3. The van der Waals surface area contributed by atoms with Crippen molar-refractivity contribution < 1.29 is 9.72 Å². The third kappa shape index (κ3) is 3.13. The lowest BCUT2D eigenvalue weighted by Crippen LogP contribution is -1.97. The van der Waals surface area contributed by atoms with Crippen LogP contribution in [0, 0.1) is 10.1 Å². The van der Waals surface area contributed by atoms with Gasteiger partial charge in [0.1, 0.15) is 4.88 Å². The molecule has 0 bridgehead atoms. The van der Waals surface area contributed by atoms with Gasteiger partial charge in [-0.2, -0.15) is 0 Å². The summed E-state index contributed by atoms with van der Waals surface area (Å²) in [5.41, 5.74) is 2.23. The summed E-state index contributed by atoms with van der Waals surface area (Å²) >= 11 is 1.19. The quantitative estimate of drug-likeness (QED) is 0.249. The van der Waals surface area contributed by atoms with Gasteiger partial charge < -0.3 is 0 Å². The second-order valence-electron chi connectivity index (χ2n) is 6.19. The summed E-state index contributed by atoms with van der Waals surface area (Å²) in [6, 6.07) is 23.0. The van der Waals surface area contributed by atoms with Gasteiger partial charge >= 0.3 is 0 Å². The normalized spacial score (nSPS) is 10.8. The van der Waals surface area contributed by atoms with Crippen molar-refractivity contribution in [2.24, 2.45) is 0 Å². The van der Waals surface area contributed by atoms with Crippen molar-refractivity contribution in [1.29, 1.82) is 0 Å². The fraction of sp³-hybridized carbons (Fsp3) is 0.0455. The molecule has 132 valence electrons. The highest BCUT2D eigenvalue weighted by Crippen LogP contribution is 2.44. The number of carbonyl (C=O) groups is 1. The van der Waals surface area contributed by atoms with Crippen LogP contribution in [0.3, 0.4) is 0 Å². The maximum Gasteiger partial charge on any atom is 0.292 e. The predicted octanol–water partition coefficient (Wildman–Crippen LogP) is 5.88. The topological polar surface area (TPSA) is 60.2 Å². The zero-order chi connectivity index (χ0) is 18.8. The van der Waals surface area contributed by atoms with E-state index in [1.165, 1.54) is 11.3 Å². The lowest BCUT2D eigenvalue weighted by Gasteiger charge is -2.05. The van der Waals surface area contributed by atoms with Gasteiger partial charge in [-0.15, -0.1) is 11.3 Å². The van der Waals surface area contributed by atoms with Crippen molar-refractivity contribution in [3.63, 3.8) is 0 Å². The predicted molar refractivity (Wildman–Crippen MR) is 109 cm³/mol. The van der Waals surface area contributed by atoms with Crippen LogP contribution in [0.15, 0.2) is 72.8 Å². The third-order valence-electron chi connectivity index (χ3n) is 4.56. The Hall–Kier alpha value is -3.31. The van der Waals surface area contributed by atoms with E-state index in [4.69, 9.17) is 0 Å². The Balaban J connectivity index is 1.96. The van der Waals surface area contributed by atoms with Gasteiger partial charge in [-0.05, 0) is 16.3 Å². The number of hydrogen-bond acceptors (Lipinski definition) is 4. The largest absolute Gasteiger partial charge is 0.297 e. The second kappa shape index (κ2) is 7.13. The highest BCUT2D eigenvalue weighted by molar-refractivity contribution is 7.18. The summed E-state index contributed by atoms with van der Waals surface area (Å²) < 4.78 is 0. The molecule has 0 N–H and O–H groups in total. The molecule has 0 aliphatic heterocycles. The van der Waals surface area contributed by atoms with E-state index in [1.807, 2.05) is 72.8 Å². The molecule has 1 aromatic heterocycles. The molecule has 0 atom stereocenters. The second-order valence-corrected chi connectivity index (χ2v) is 7.24. The van der Waals surface area contributed by atoms with Crippen molar-refractivity contribution in [2.45, 2.75) is 6.42 Å². The first-order chi connectivity index (χ1) is 13.2. The number of carbonyl (C=O) groups excluding carboxylic acids is 1. The van der Waals surface area contributed by atoms with Crippen LogP contribution in [0.1, 0.15) is 20.8 Å². The molecule has 0 unspecified atom stereocenters. The van der Waals surface area contributed by atoms with E-state index in [0.29, 0.717) is 21.7 Å². The lowest BCUT2D eigenvalue weighted by atomic mass is 9.99. The molecule has 27 heavy (non-hydrogen) atoms. The molecular formula is C22H15NO3S. The number of nitro groups is 1. The minimum Gasteiger partial charge on any atom is -0.297 e. The smallest absolute Gasteiger partial charge is 0.292 e. The highest BCUT2D eigenvalue weighted by atomic mass is 32.1. The average molecular weight is 373 g/mol. The Labute approximate surface area is 159 Å². The standard InChI is InChI=1S/C22H15NO3S/c24-14-20-19(13-15-7-2-1-3-8-15)21(23(25)26)22(27-20)18-12-6-10-16-9-4-5-11-17(16)18/h1-12,14H,13H2. The summed E-state index contributed by atoms with van der Waals surface area (Å²) in [5.74, 6) is 0. The molecule has 4 nitrogen and oxygen atoms in total. The molecule has 0 spiro atoms. The maximum atomic E-state index is 12.0. The number of thiophene rings is 1. The van der Waals surface area contributed by atoms with Gasteiger partial charge in [0, 0.05) is 12.0 Å². The Morgan fingerprint density at radius 2 is 1.63 bits per heavy atom. The van der Waals surface area contributed by atoms with E-state index < -0.39 is 0 Å². The number of rotatable bonds is 5. The molecular weight excluding hydrogens is 358 g/mol. The molecule has 0 saturated heterocycles. The van der Waals surface area contributed by atoms with E-state index in [-0.39, 0.29) is 10.6 Å². The zero-order valence-corrected chi connectivity index (χ0v) is 15.1. The van der Waals surface area contributed by atoms with Gasteiger partial charge in [0.25, 0.3) is 5.69 Å². The molecule has 1 heterocycles. The summed E-state index contributed by atoms with van der Waals surface area (Å²) in [6.07, 6.45) is 1.08. The van der Waals surface area contributed by atoms with Crippen LogP contribution in [0.4, 0.5) is 5.69 Å². The van der Waals surface area contributed by atoms with Crippen molar-refractivity contribution in [2.75, 3.05) is 0 Å². The Bertz CT molecular complexity index is 1140. The van der Waals surface area contributed by atoms with E-state index >= 15 is 0 Å². The fourth-order valence-electron chi connectivity index (χ4n) is 3.34. The number of aldehydes is 1. The minimum absolute atomic E-state index is 0.0299. The summed E-state index contributed by atoms with van der Waals surface area (Å²) in [5, 5.41) is 13.9. The zero-order valence-electron chi connectivity index (χ0n) is 14.3. The van der Waals surface area contributed by atoms with Gasteiger partial charge in [-0.3, -0.25) is 14.9 Å². The van der Waals surface area contributed by atoms with Crippen LogP contribution in [-0.4, -0.2) is 11.2 Å². The molecule has 5 heteroatoms. The van der Waals surface area contributed by atoms with Crippen LogP contribution in [0.5, 0.6) is 0 Å². The molecule has 0 fully saturated rings. The van der Waals surface area contributed by atoms with Crippen LogP contribution in [-0.2, 0) is 6.42 Å². The van der Waals surface area contributed by atoms with Crippen LogP contribution in [0.25, 0.3) is 21.2 Å². The molecule has 0 amide bonds. The van der Waals surface area contributed by atoms with E-state index in [9.17, 15) is 14.9 Å². The third-order valence-corrected chi connectivity index (χ3v) is 5.74. The van der Waals surface area contributed by atoms with Crippen LogP contribution < -0.4 is 0 Å². The number of fused-ring (bicyclic) bond motifs is 1. The number of nitrogens with zero attached hydrogens (tertiary/aromatic N) is 1. The molecule has 0 saturated carbocycles. The minimum atomic E-state index is -0.362. The summed E-state index contributed by atoms with van der Waals surface area (Å²) in [4.78, 5) is 24.2. The SMILES string of the molecule is O=Cc1sc(-c2cccc3ccccc23)c([N+](=O)[O-])c1Cc1ccccc1. The first-order valence-corrected chi connectivity index (χ1v) is 9.28. The first-order valence-electron chi connectivity index (χ1n) is 8.46. The van der Waals surface area contributed by atoms with Gasteiger partial charge in [-0.1, -0.05) is 72.8 Å². The van der Waals surface area contributed by atoms with Gasteiger partial charge in [0.2, 0.25) is 0 Å². The summed E-state index contributed by atoms with van der Waals surface area (Å²) in [6.45, 7) is 0. The van der Waals surface area contributed by atoms with Crippen molar-refractivity contribution in [3.05, 3.63) is 98.9 Å². The fourth-order valence-corrected chi connectivity index (χ4v) is 4.48. The van der Waals surface area contributed by atoms with E-state index in [2.05, 4.69) is 0 Å². The monoisotopic (exact) mass is 373 g/mol. The van der Waals surface area contributed by atoms with Gasteiger partial charge in [0.15, 0.2) is 6.29 Å². The molecule has 0 radical (unpaired) electrons. The maximum absolute atomic E-state index is 12.0.